The molecule has 0 saturated carbocycles. The van der Waals surface area contributed by atoms with Crippen molar-refractivity contribution in [2.24, 2.45) is 0 Å². The molecule has 1 aliphatic heterocycles. The molecule has 0 aliphatic carbocycles. The normalized spacial score (nSPS) is 32.6. The molecular formula is C6H10O6. The summed E-state index contributed by atoms with van der Waals surface area (Å²) in [6.07, 6.45) is -4.24. The first kappa shape index (κ1) is 9.27. The predicted octanol–water partition coefficient (Wildman–Crippen LogP) is -1.62. The quantitative estimate of drug-likeness (QED) is 0.348. The fourth-order valence-electron chi connectivity index (χ4n) is 0.909. The van der Waals surface area contributed by atoms with Crippen LogP contribution < -0.4 is 0 Å². The van der Waals surface area contributed by atoms with Crippen molar-refractivity contribution in [2.45, 2.75) is 18.5 Å². The number of aliphatic hydroxyl groups excluding tert-OH is 5. The lowest BCUT2D eigenvalue weighted by atomic mass is 10.2. The smallest absolute Gasteiger partial charge is 0.218 e. The lowest BCUT2D eigenvalue weighted by Crippen LogP contribution is -2.32. The molecule has 0 radical (unpaired) electrons. The SMILES string of the molecule is OC[C@H](O)[C@H]1OC(O)C(O)=C1O. The summed E-state index contributed by atoms with van der Waals surface area (Å²) in [6.45, 7) is -0.630. The van der Waals surface area contributed by atoms with Gasteiger partial charge in [0.05, 0.1) is 6.61 Å². The van der Waals surface area contributed by atoms with E-state index in [2.05, 4.69) is 4.74 Å². The van der Waals surface area contributed by atoms with Crippen LogP contribution >= 0.6 is 0 Å². The van der Waals surface area contributed by atoms with Gasteiger partial charge in [-0.2, -0.15) is 0 Å². The summed E-state index contributed by atoms with van der Waals surface area (Å²) in [5.74, 6) is -1.38. The van der Waals surface area contributed by atoms with Gasteiger partial charge in [0.25, 0.3) is 0 Å². The van der Waals surface area contributed by atoms with Crippen LogP contribution in [0, 0.1) is 0 Å². The number of hydrogen-bond acceptors (Lipinski definition) is 6. The van der Waals surface area contributed by atoms with Gasteiger partial charge in [-0.15, -0.1) is 0 Å². The monoisotopic (exact) mass is 178 g/mol. The summed E-state index contributed by atoms with van der Waals surface area (Å²) in [7, 11) is 0. The molecule has 0 amide bonds. The minimum atomic E-state index is -1.63. The summed E-state index contributed by atoms with van der Waals surface area (Å²) >= 11 is 0. The molecule has 0 bridgehead atoms. The third-order valence-electron chi connectivity index (χ3n) is 1.58. The van der Waals surface area contributed by atoms with E-state index in [0.29, 0.717) is 0 Å². The van der Waals surface area contributed by atoms with Gasteiger partial charge in [0.2, 0.25) is 6.29 Å². The highest BCUT2D eigenvalue weighted by atomic mass is 16.6. The van der Waals surface area contributed by atoms with E-state index in [9.17, 15) is 0 Å². The third-order valence-corrected chi connectivity index (χ3v) is 1.58. The summed E-state index contributed by atoms with van der Waals surface area (Å²) in [4.78, 5) is 0. The largest absolute Gasteiger partial charge is 0.506 e. The molecule has 1 heterocycles. The Morgan fingerprint density at radius 3 is 2.25 bits per heavy atom. The van der Waals surface area contributed by atoms with Crippen LogP contribution in [-0.2, 0) is 4.74 Å². The molecule has 0 spiro atoms. The standard InChI is InChI=1S/C6H10O6/c7-1-2(8)5-3(9)4(10)6(11)12-5/h2,5-11H,1H2/t2-,5+,6?/m0/s1. The van der Waals surface area contributed by atoms with Crippen molar-refractivity contribution in [3.63, 3.8) is 0 Å². The Morgan fingerprint density at radius 1 is 1.33 bits per heavy atom. The van der Waals surface area contributed by atoms with Crippen molar-refractivity contribution < 1.29 is 30.3 Å². The second kappa shape index (κ2) is 3.28. The third kappa shape index (κ3) is 1.37. The maximum absolute atomic E-state index is 9.00. The van der Waals surface area contributed by atoms with Crippen LogP contribution in [0.1, 0.15) is 0 Å². The van der Waals surface area contributed by atoms with E-state index in [-0.39, 0.29) is 0 Å². The summed E-state index contributed by atoms with van der Waals surface area (Å²) < 4.78 is 4.51. The van der Waals surface area contributed by atoms with Crippen LogP contribution in [0.2, 0.25) is 0 Å². The average Bonchev–Trinajstić information content (AvgIpc) is 2.32. The van der Waals surface area contributed by atoms with Crippen LogP contribution in [0.25, 0.3) is 0 Å². The Hall–Kier alpha value is -0.820. The van der Waals surface area contributed by atoms with Gasteiger partial charge < -0.3 is 30.3 Å². The van der Waals surface area contributed by atoms with Gasteiger partial charge in [-0.3, -0.25) is 0 Å². The highest BCUT2D eigenvalue weighted by Crippen LogP contribution is 2.24. The first-order valence-electron chi connectivity index (χ1n) is 3.32. The Balaban J connectivity index is 2.73. The predicted molar refractivity (Wildman–Crippen MR) is 36.3 cm³/mol. The average molecular weight is 178 g/mol. The fourth-order valence-corrected chi connectivity index (χ4v) is 0.909. The molecule has 6 nitrogen and oxygen atoms in total. The Bertz CT molecular complexity index is 200. The van der Waals surface area contributed by atoms with Crippen LogP contribution in [0.15, 0.2) is 11.5 Å². The Kier molecular flexibility index (Phi) is 2.53. The van der Waals surface area contributed by atoms with E-state index in [1.54, 1.807) is 0 Å². The van der Waals surface area contributed by atoms with Crippen molar-refractivity contribution in [1.82, 2.24) is 0 Å². The summed E-state index contributed by atoms with van der Waals surface area (Å²) in [5.41, 5.74) is 0. The highest BCUT2D eigenvalue weighted by molar-refractivity contribution is 5.13. The number of hydrogen-bond donors (Lipinski definition) is 5. The molecule has 1 aliphatic rings. The molecule has 70 valence electrons. The Morgan fingerprint density at radius 2 is 1.92 bits per heavy atom. The van der Waals surface area contributed by atoms with Crippen molar-refractivity contribution in [1.29, 1.82) is 0 Å². The van der Waals surface area contributed by atoms with Crippen molar-refractivity contribution in [3.05, 3.63) is 11.5 Å². The molecular weight excluding hydrogens is 168 g/mol. The van der Waals surface area contributed by atoms with E-state index >= 15 is 0 Å². The van der Waals surface area contributed by atoms with Gasteiger partial charge in [-0.05, 0) is 0 Å². The molecule has 0 aromatic carbocycles. The lowest BCUT2D eigenvalue weighted by molar-refractivity contribution is -0.134. The van der Waals surface area contributed by atoms with Crippen LogP contribution in [-0.4, -0.2) is 50.6 Å². The zero-order valence-corrected chi connectivity index (χ0v) is 6.08. The van der Waals surface area contributed by atoms with Gasteiger partial charge in [-0.1, -0.05) is 0 Å². The van der Waals surface area contributed by atoms with Crippen molar-refractivity contribution in [2.75, 3.05) is 6.61 Å². The summed E-state index contributed by atoms with van der Waals surface area (Å²) in [6, 6.07) is 0. The molecule has 5 N–H and O–H groups in total. The first-order chi connectivity index (χ1) is 5.57. The maximum Gasteiger partial charge on any atom is 0.218 e. The zero-order chi connectivity index (χ0) is 9.30. The van der Waals surface area contributed by atoms with Crippen LogP contribution in [0.5, 0.6) is 0 Å². The number of ether oxygens (including phenoxy) is 1. The first-order valence-corrected chi connectivity index (χ1v) is 3.32. The molecule has 3 atom stereocenters. The van der Waals surface area contributed by atoms with Gasteiger partial charge in [0.1, 0.15) is 12.2 Å². The fraction of sp³-hybridized carbons (Fsp3) is 0.667. The van der Waals surface area contributed by atoms with Gasteiger partial charge in [0, 0.05) is 0 Å². The van der Waals surface area contributed by atoms with Gasteiger partial charge in [0.15, 0.2) is 11.5 Å². The van der Waals surface area contributed by atoms with Crippen molar-refractivity contribution >= 4 is 0 Å². The van der Waals surface area contributed by atoms with E-state index < -0.39 is 36.6 Å². The molecule has 0 aromatic heterocycles. The lowest BCUT2D eigenvalue weighted by Gasteiger charge is -2.15. The molecule has 1 rings (SSSR count). The second-order valence-corrected chi connectivity index (χ2v) is 2.43. The number of rotatable bonds is 2. The van der Waals surface area contributed by atoms with Gasteiger partial charge >= 0.3 is 0 Å². The van der Waals surface area contributed by atoms with Crippen molar-refractivity contribution in [3.8, 4) is 0 Å². The molecule has 6 heteroatoms. The topological polar surface area (TPSA) is 110 Å². The molecule has 0 saturated heterocycles. The summed E-state index contributed by atoms with van der Waals surface area (Å²) in [5, 5.41) is 44.1. The van der Waals surface area contributed by atoms with E-state index in [1.807, 2.05) is 0 Å². The van der Waals surface area contributed by atoms with Gasteiger partial charge in [-0.25, -0.2) is 0 Å². The molecule has 0 fully saturated rings. The minimum Gasteiger partial charge on any atom is -0.506 e. The zero-order valence-electron chi connectivity index (χ0n) is 6.08. The molecule has 1 unspecified atom stereocenters. The molecule has 0 aromatic rings. The second-order valence-electron chi connectivity index (χ2n) is 2.43. The Labute approximate surface area is 68.0 Å². The van der Waals surface area contributed by atoms with E-state index in [1.165, 1.54) is 0 Å². The maximum atomic E-state index is 9.00. The van der Waals surface area contributed by atoms with E-state index in [0.717, 1.165) is 0 Å². The minimum absolute atomic E-state index is 0.630. The van der Waals surface area contributed by atoms with E-state index in [4.69, 9.17) is 25.5 Å². The van der Waals surface area contributed by atoms with Crippen LogP contribution in [0.4, 0.5) is 0 Å². The number of aliphatic hydroxyl groups is 5. The molecule has 12 heavy (non-hydrogen) atoms. The highest BCUT2D eigenvalue weighted by Gasteiger charge is 2.37. The van der Waals surface area contributed by atoms with Crippen LogP contribution in [0.3, 0.4) is 0 Å².